The number of ether oxygens (including phenoxy) is 3. The maximum atomic E-state index is 13.4. The van der Waals surface area contributed by atoms with Crippen LogP contribution >= 0.6 is 55.0 Å². The van der Waals surface area contributed by atoms with Gasteiger partial charge in [-0.25, -0.2) is 0 Å². The third kappa shape index (κ3) is 10.7. The Hall–Kier alpha value is -1.18. The summed E-state index contributed by atoms with van der Waals surface area (Å²) in [5.74, 6) is -1.49. The molecule has 0 spiro atoms. The Balaban J connectivity index is 2.80. The van der Waals surface area contributed by atoms with E-state index in [4.69, 9.17) is 14.2 Å². The SMILES string of the molecule is BP(I)c1ccc(O)c(C(C)N(C(CC(=O)OC)C(=O)OC)C(C)c2cc(P(B)I)cc(C(C)NC(C)CC(=O)OC)c2O)c1. The summed E-state index contributed by atoms with van der Waals surface area (Å²) in [6, 6.07) is 6.47. The number of aromatic hydroxyl groups is 2. The lowest BCUT2D eigenvalue weighted by Crippen LogP contribution is -2.46. The zero-order valence-electron chi connectivity index (χ0n) is 27.1. The predicted molar refractivity (Wildman–Crippen MR) is 203 cm³/mol. The van der Waals surface area contributed by atoms with Gasteiger partial charge < -0.3 is 29.7 Å². The molecule has 2 aromatic carbocycles. The molecule has 0 fully saturated rings. The highest BCUT2D eigenvalue weighted by molar-refractivity contribution is 14.2. The highest BCUT2D eigenvalue weighted by Gasteiger charge is 2.39. The third-order valence-electron chi connectivity index (χ3n) is 7.79. The standard InChI is InChI=1S/C29H42B2I2N2O8P2/c1-15(10-26(37)41-5)34-16(2)21-12-20(45(31)33)13-23(28(21)39)18(4)35(24(29(40)43-7)14-27(38)42-6)17(3)22-11-19(44(30)32)8-9-25(22)36/h8-9,11-13,15-18,24,34,36,39H,10,14,30-31H2,1-7H3. The van der Waals surface area contributed by atoms with Gasteiger partial charge in [0.25, 0.3) is 0 Å². The quantitative estimate of drug-likeness (QED) is 0.0795. The monoisotopic (exact) mass is 884 g/mol. The maximum Gasteiger partial charge on any atom is 0.323 e. The van der Waals surface area contributed by atoms with Crippen LogP contribution in [0.2, 0.25) is 0 Å². The molecule has 0 radical (unpaired) electrons. The highest BCUT2D eigenvalue weighted by atomic mass is 127. The molecule has 0 aliphatic rings. The average molecular weight is 884 g/mol. The first kappa shape index (κ1) is 40.0. The molecule has 2 aromatic rings. The van der Waals surface area contributed by atoms with Crippen molar-refractivity contribution in [2.24, 2.45) is 0 Å². The lowest BCUT2D eigenvalue weighted by molar-refractivity contribution is -0.155. The Labute approximate surface area is 296 Å². The number of halogens is 2. The Bertz CT molecular complexity index is 1360. The van der Waals surface area contributed by atoms with Crippen LogP contribution in [0.25, 0.3) is 0 Å². The molecular weight excluding hydrogens is 842 g/mol. The minimum absolute atomic E-state index is 0.0333. The Morgan fingerprint density at radius 1 is 0.822 bits per heavy atom. The highest BCUT2D eigenvalue weighted by Crippen LogP contribution is 2.46. The maximum absolute atomic E-state index is 13.4. The third-order valence-corrected chi connectivity index (χ3v) is 13.1. The number of phenolic OH excluding ortho intramolecular Hbond substituents is 2. The van der Waals surface area contributed by atoms with Crippen LogP contribution in [0.3, 0.4) is 0 Å². The number of nitrogens with one attached hydrogen (secondary N) is 1. The molecule has 7 atom stereocenters. The van der Waals surface area contributed by atoms with Crippen LogP contribution in [0.4, 0.5) is 0 Å². The predicted octanol–water partition coefficient (Wildman–Crippen LogP) is 3.94. The molecule has 0 saturated heterocycles. The number of esters is 3. The topological polar surface area (TPSA) is 135 Å². The van der Waals surface area contributed by atoms with E-state index >= 15 is 0 Å². The number of carbonyl (C=O) groups is 3. The molecule has 7 unspecified atom stereocenters. The summed E-state index contributed by atoms with van der Waals surface area (Å²) in [6.45, 7) is 7.51. The van der Waals surface area contributed by atoms with E-state index in [0.717, 1.165) is 10.6 Å². The summed E-state index contributed by atoms with van der Waals surface area (Å²) in [5.41, 5.74) is 0.618. The second-order valence-corrected chi connectivity index (χ2v) is 22.5. The fourth-order valence-corrected chi connectivity index (χ4v) is 8.32. The van der Waals surface area contributed by atoms with Crippen LogP contribution in [-0.2, 0) is 28.6 Å². The van der Waals surface area contributed by atoms with Gasteiger partial charge in [0.15, 0.2) is 15.1 Å². The second kappa shape index (κ2) is 18.4. The molecule has 2 rings (SSSR count). The van der Waals surface area contributed by atoms with Crippen molar-refractivity contribution in [3.63, 3.8) is 0 Å². The van der Waals surface area contributed by atoms with E-state index in [1.54, 1.807) is 11.0 Å². The Kier molecular flexibility index (Phi) is 16.3. The van der Waals surface area contributed by atoms with E-state index in [1.807, 2.05) is 52.0 Å². The van der Waals surface area contributed by atoms with Gasteiger partial charge >= 0.3 is 17.9 Å². The number of methoxy groups -OCH3 is 3. The first-order valence-corrected chi connectivity index (χ1v) is 23.5. The lowest BCUT2D eigenvalue weighted by atomic mass is 9.93. The molecule has 45 heavy (non-hydrogen) atoms. The first-order valence-electron chi connectivity index (χ1n) is 14.3. The number of rotatable bonds is 15. The molecule has 0 heterocycles. The van der Waals surface area contributed by atoms with Gasteiger partial charge in [-0.1, -0.05) is 61.0 Å². The van der Waals surface area contributed by atoms with Gasteiger partial charge in [-0.2, -0.15) is 0 Å². The fraction of sp³-hybridized carbons (Fsp3) is 0.483. The van der Waals surface area contributed by atoms with E-state index in [0.29, 0.717) is 16.7 Å². The van der Waals surface area contributed by atoms with Crippen LogP contribution in [0.5, 0.6) is 11.5 Å². The summed E-state index contributed by atoms with van der Waals surface area (Å²) in [5, 5.41) is 28.3. The average Bonchev–Trinajstić information content (AvgIpc) is 2.99. The van der Waals surface area contributed by atoms with Crippen LogP contribution in [0.1, 0.15) is 75.4 Å². The zero-order chi connectivity index (χ0) is 34.2. The van der Waals surface area contributed by atoms with Crippen molar-refractivity contribution >= 4 is 98.6 Å². The molecule has 0 aromatic heterocycles. The van der Waals surface area contributed by atoms with Gasteiger partial charge in [0.2, 0.25) is 0 Å². The summed E-state index contributed by atoms with van der Waals surface area (Å²) < 4.78 is 15.0. The van der Waals surface area contributed by atoms with Crippen LogP contribution in [0.15, 0.2) is 30.3 Å². The van der Waals surface area contributed by atoms with Gasteiger partial charge in [-0.3, -0.25) is 19.3 Å². The number of nitrogens with zero attached hydrogens (tertiary/aromatic N) is 1. The second-order valence-electron chi connectivity index (χ2n) is 10.9. The normalized spacial score (nSPS) is 16.1. The minimum atomic E-state index is -1.09. The minimum Gasteiger partial charge on any atom is -0.508 e. The van der Waals surface area contributed by atoms with Crippen molar-refractivity contribution in [1.29, 1.82) is 0 Å². The van der Waals surface area contributed by atoms with Crippen LogP contribution in [0, 0.1) is 0 Å². The molecule has 0 saturated carbocycles. The van der Waals surface area contributed by atoms with E-state index < -0.39 is 40.9 Å². The molecule has 0 amide bonds. The fourth-order valence-electron chi connectivity index (χ4n) is 5.35. The molecule has 3 N–H and O–H groups in total. The zero-order valence-corrected chi connectivity index (χ0v) is 33.2. The van der Waals surface area contributed by atoms with Gasteiger partial charge in [-0.15, -0.1) is 0 Å². The molecule has 10 nitrogen and oxygen atoms in total. The van der Waals surface area contributed by atoms with Crippen molar-refractivity contribution in [1.82, 2.24) is 10.2 Å². The lowest BCUT2D eigenvalue weighted by Gasteiger charge is -2.40. The van der Waals surface area contributed by atoms with Crippen molar-refractivity contribution in [3.05, 3.63) is 47.0 Å². The smallest absolute Gasteiger partial charge is 0.323 e. The largest absolute Gasteiger partial charge is 0.508 e. The molecular formula is C29H42B2I2N2O8P2. The van der Waals surface area contributed by atoms with Crippen molar-refractivity contribution in [2.75, 3.05) is 21.3 Å². The number of carbonyl (C=O) groups excluding carboxylic acids is 3. The van der Waals surface area contributed by atoms with Gasteiger partial charge in [0.05, 0.1) is 34.2 Å². The molecule has 0 aliphatic heterocycles. The molecule has 16 heteroatoms. The number of hydrogen-bond acceptors (Lipinski definition) is 10. The summed E-state index contributed by atoms with van der Waals surface area (Å²) >= 11 is 4.73. The van der Waals surface area contributed by atoms with Crippen molar-refractivity contribution in [3.8, 4) is 11.5 Å². The van der Waals surface area contributed by atoms with Gasteiger partial charge in [0, 0.05) is 40.9 Å². The van der Waals surface area contributed by atoms with Crippen LogP contribution < -0.4 is 15.9 Å². The molecule has 0 bridgehead atoms. The Morgan fingerprint density at radius 2 is 1.33 bits per heavy atom. The first-order chi connectivity index (χ1) is 21.1. The van der Waals surface area contributed by atoms with Crippen LogP contribution in [-0.4, -0.2) is 81.6 Å². The van der Waals surface area contributed by atoms with E-state index in [9.17, 15) is 24.6 Å². The van der Waals surface area contributed by atoms with Gasteiger partial charge in [-0.05, 0) is 62.6 Å². The summed E-state index contributed by atoms with van der Waals surface area (Å²) in [4.78, 5) is 39.7. The van der Waals surface area contributed by atoms with E-state index in [1.165, 1.54) is 21.3 Å². The molecule has 246 valence electrons. The molecule has 0 aliphatic carbocycles. The summed E-state index contributed by atoms with van der Waals surface area (Å²) in [6.07, 6.45) is -0.134. The van der Waals surface area contributed by atoms with Crippen molar-refractivity contribution < 1.29 is 38.8 Å². The van der Waals surface area contributed by atoms with Gasteiger partial charge in [0.1, 0.15) is 17.5 Å². The number of hydrogen-bond donors (Lipinski definition) is 3. The number of phenols is 2. The number of benzene rings is 2. The van der Waals surface area contributed by atoms with E-state index in [2.05, 4.69) is 64.5 Å². The van der Waals surface area contributed by atoms with Crippen molar-refractivity contribution in [2.45, 2.75) is 70.7 Å². The van der Waals surface area contributed by atoms with E-state index in [-0.39, 0.29) is 42.4 Å². The Morgan fingerprint density at radius 3 is 1.87 bits per heavy atom. The summed E-state index contributed by atoms with van der Waals surface area (Å²) in [7, 11) is 8.07.